The normalized spacial score (nSPS) is 16.6. The Morgan fingerprint density at radius 1 is 1.07 bits per heavy atom. The van der Waals surface area contributed by atoms with Crippen LogP contribution in [0.2, 0.25) is 0 Å². The van der Waals surface area contributed by atoms with Gasteiger partial charge < -0.3 is 15.7 Å². The van der Waals surface area contributed by atoms with Gasteiger partial charge in [-0.2, -0.15) is 0 Å². The molecule has 1 fully saturated rings. The van der Waals surface area contributed by atoms with E-state index >= 15 is 0 Å². The van der Waals surface area contributed by atoms with Crippen molar-refractivity contribution in [3.63, 3.8) is 0 Å². The fourth-order valence-electron chi connectivity index (χ4n) is 4.02. The summed E-state index contributed by atoms with van der Waals surface area (Å²) in [4.78, 5) is 37.2. The molecule has 1 aromatic rings. The van der Waals surface area contributed by atoms with Crippen LogP contribution in [-0.4, -0.2) is 35.0 Å². The van der Waals surface area contributed by atoms with Crippen LogP contribution < -0.4 is 10.6 Å². The van der Waals surface area contributed by atoms with Gasteiger partial charge in [-0.15, -0.1) is 0 Å². The molecule has 2 atom stereocenters. The maximum Gasteiger partial charge on any atom is 0.304 e. The number of carboxylic acid groups (broad SMARTS) is 1. The molecule has 1 aliphatic rings. The summed E-state index contributed by atoms with van der Waals surface area (Å²) in [5, 5.41) is 15.2. The van der Waals surface area contributed by atoms with Crippen molar-refractivity contribution in [1.29, 1.82) is 0 Å². The lowest BCUT2D eigenvalue weighted by atomic mass is 9.85. The summed E-state index contributed by atoms with van der Waals surface area (Å²) >= 11 is 0. The number of carbonyl (C=O) groups excluding carboxylic acids is 2. The largest absolute Gasteiger partial charge is 0.481 e. The lowest BCUT2D eigenvalue weighted by Gasteiger charge is -2.32. The number of aliphatic carboxylic acids is 1. The molecule has 1 aromatic carbocycles. The van der Waals surface area contributed by atoms with E-state index in [-0.39, 0.29) is 24.3 Å². The van der Waals surface area contributed by atoms with Crippen LogP contribution in [0.25, 0.3) is 0 Å². The Hall–Kier alpha value is -2.37. The molecule has 2 rings (SSSR count). The van der Waals surface area contributed by atoms with Gasteiger partial charge in [-0.3, -0.25) is 14.4 Å². The summed E-state index contributed by atoms with van der Waals surface area (Å²) in [6, 6.07) is 9.40. The predicted octanol–water partition coefficient (Wildman–Crippen LogP) is 3.69. The smallest absolute Gasteiger partial charge is 0.304 e. The van der Waals surface area contributed by atoms with E-state index in [1.54, 1.807) is 0 Å². The van der Waals surface area contributed by atoms with Crippen LogP contribution in [0.1, 0.15) is 71.3 Å². The lowest BCUT2D eigenvalue weighted by molar-refractivity contribution is -0.142. The van der Waals surface area contributed by atoms with E-state index < -0.39 is 23.3 Å². The third-order valence-corrected chi connectivity index (χ3v) is 5.77. The summed E-state index contributed by atoms with van der Waals surface area (Å²) < 4.78 is 0. The van der Waals surface area contributed by atoms with Gasteiger partial charge in [-0.25, -0.2) is 0 Å². The van der Waals surface area contributed by atoms with Crippen LogP contribution in [-0.2, 0) is 20.8 Å². The Labute approximate surface area is 179 Å². The standard InChI is InChI=1S/C24H36N2O4/c1-24(2,3)21(23(30)25-19-14-7-8-15-19)26-22(29)18(16-20(27)28)13-9-12-17-10-5-4-6-11-17/h4-6,10-11,18-19,21H,7-9,12-16H2,1-3H3,(H,25,30)(H,26,29)(H,27,28)/t18-,21-/m1/s1. The van der Waals surface area contributed by atoms with Gasteiger partial charge in [0.05, 0.1) is 6.42 Å². The van der Waals surface area contributed by atoms with E-state index in [1.807, 2.05) is 51.1 Å². The second kappa shape index (κ2) is 11.1. The van der Waals surface area contributed by atoms with Crippen LogP contribution in [0.15, 0.2) is 30.3 Å². The van der Waals surface area contributed by atoms with Gasteiger partial charge in [0.15, 0.2) is 0 Å². The van der Waals surface area contributed by atoms with Gasteiger partial charge in [0.25, 0.3) is 0 Å². The lowest BCUT2D eigenvalue weighted by Crippen LogP contribution is -2.56. The Kier molecular flexibility index (Phi) is 8.88. The number of rotatable bonds is 10. The quantitative estimate of drug-likeness (QED) is 0.542. The van der Waals surface area contributed by atoms with Crippen molar-refractivity contribution < 1.29 is 19.5 Å². The number of benzene rings is 1. The SMILES string of the molecule is CC(C)(C)[C@H](NC(=O)[C@H](CCCc1ccccc1)CC(=O)O)C(=O)NC1CCCC1. The molecule has 0 radical (unpaired) electrons. The molecule has 0 saturated heterocycles. The molecule has 1 saturated carbocycles. The molecule has 3 N–H and O–H groups in total. The summed E-state index contributed by atoms with van der Waals surface area (Å²) in [5.74, 6) is -2.19. The Balaban J connectivity index is 2.00. The molecule has 0 heterocycles. The average Bonchev–Trinajstić information content (AvgIpc) is 3.17. The summed E-state index contributed by atoms with van der Waals surface area (Å²) in [7, 11) is 0. The number of nitrogens with one attached hydrogen (secondary N) is 2. The minimum Gasteiger partial charge on any atom is -0.481 e. The van der Waals surface area contributed by atoms with E-state index in [2.05, 4.69) is 10.6 Å². The molecule has 2 amide bonds. The van der Waals surface area contributed by atoms with Crippen molar-refractivity contribution in [3.8, 4) is 0 Å². The average molecular weight is 417 g/mol. The van der Waals surface area contributed by atoms with Gasteiger partial charge in [0.2, 0.25) is 11.8 Å². The maximum absolute atomic E-state index is 13.0. The molecule has 6 heteroatoms. The molecule has 0 aliphatic heterocycles. The zero-order valence-electron chi connectivity index (χ0n) is 18.4. The molecule has 0 bridgehead atoms. The van der Waals surface area contributed by atoms with Crippen molar-refractivity contribution in [2.45, 2.75) is 84.2 Å². The topological polar surface area (TPSA) is 95.5 Å². The van der Waals surface area contributed by atoms with E-state index in [0.717, 1.165) is 37.7 Å². The zero-order valence-corrected chi connectivity index (χ0v) is 18.4. The first-order valence-electron chi connectivity index (χ1n) is 11.0. The van der Waals surface area contributed by atoms with Crippen LogP contribution in [0.3, 0.4) is 0 Å². The van der Waals surface area contributed by atoms with Crippen molar-refractivity contribution in [1.82, 2.24) is 10.6 Å². The molecule has 6 nitrogen and oxygen atoms in total. The number of hydrogen-bond acceptors (Lipinski definition) is 3. The molecule has 1 aliphatic carbocycles. The van der Waals surface area contributed by atoms with Crippen molar-refractivity contribution in [3.05, 3.63) is 35.9 Å². The minimum absolute atomic E-state index is 0.167. The van der Waals surface area contributed by atoms with Gasteiger partial charge in [0.1, 0.15) is 6.04 Å². The predicted molar refractivity (Wildman–Crippen MR) is 117 cm³/mol. The number of carboxylic acids is 1. The molecule has 30 heavy (non-hydrogen) atoms. The monoisotopic (exact) mass is 416 g/mol. The molecular formula is C24H36N2O4. The summed E-state index contributed by atoms with van der Waals surface area (Å²) in [6.07, 6.45) is 5.89. The van der Waals surface area contributed by atoms with E-state index in [1.165, 1.54) is 0 Å². The van der Waals surface area contributed by atoms with Crippen LogP contribution in [0, 0.1) is 11.3 Å². The van der Waals surface area contributed by atoms with E-state index in [0.29, 0.717) is 12.8 Å². The minimum atomic E-state index is -1.00. The van der Waals surface area contributed by atoms with Gasteiger partial charge in [0, 0.05) is 12.0 Å². The molecule has 0 aromatic heterocycles. The zero-order chi connectivity index (χ0) is 22.1. The van der Waals surface area contributed by atoms with Gasteiger partial charge in [-0.1, -0.05) is 63.9 Å². The maximum atomic E-state index is 13.0. The fourth-order valence-corrected chi connectivity index (χ4v) is 4.02. The van der Waals surface area contributed by atoms with Crippen molar-refractivity contribution in [2.24, 2.45) is 11.3 Å². The highest BCUT2D eigenvalue weighted by molar-refractivity contribution is 5.90. The third kappa shape index (κ3) is 7.81. The van der Waals surface area contributed by atoms with Crippen molar-refractivity contribution in [2.75, 3.05) is 0 Å². The van der Waals surface area contributed by atoms with Crippen LogP contribution in [0.4, 0.5) is 0 Å². The number of amides is 2. The number of aryl methyl sites for hydroxylation is 1. The van der Waals surface area contributed by atoms with Gasteiger partial charge in [-0.05, 0) is 43.1 Å². The highest BCUT2D eigenvalue weighted by Gasteiger charge is 2.36. The second-order valence-corrected chi connectivity index (χ2v) is 9.47. The van der Waals surface area contributed by atoms with Crippen molar-refractivity contribution >= 4 is 17.8 Å². The second-order valence-electron chi connectivity index (χ2n) is 9.47. The Morgan fingerprint density at radius 2 is 1.70 bits per heavy atom. The first-order chi connectivity index (χ1) is 14.2. The molecule has 166 valence electrons. The first-order valence-corrected chi connectivity index (χ1v) is 11.0. The molecule has 0 spiro atoms. The molecular weight excluding hydrogens is 380 g/mol. The van der Waals surface area contributed by atoms with Crippen LogP contribution >= 0.6 is 0 Å². The number of hydrogen-bond donors (Lipinski definition) is 3. The van der Waals surface area contributed by atoms with E-state index in [4.69, 9.17) is 0 Å². The van der Waals surface area contributed by atoms with Crippen LogP contribution in [0.5, 0.6) is 0 Å². The Morgan fingerprint density at radius 3 is 2.27 bits per heavy atom. The number of carbonyl (C=O) groups is 3. The third-order valence-electron chi connectivity index (χ3n) is 5.77. The molecule has 0 unspecified atom stereocenters. The van der Waals surface area contributed by atoms with Gasteiger partial charge >= 0.3 is 5.97 Å². The summed E-state index contributed by atoms with van der Waals surface area (Å²) in [6.45, 7) is 5.73. The highest BCUT2D eigenvalue weighted by atomic mass is 16.4. The first kappa shape index (κ1) is 23.9. The Bertz CT molecular complexity index is 706. The fraction of sp³-hybridized carbons (Fsp3) is 0.625. The van der Waals surface area contributed by atoms with E-state index in [9.17, 15) is 19.5 Å². The summed E-state index contributed by atoms with van der Waals surface area (Å²) in [5.41, 5.74) is 0.686. The highest BCUT2D eigenvalue weighted by Crippen LogP contribution is 2.23.